The third kappa shape index (κ3) is 5.85. The number of aliphatic imine (C=N–C) groups is 1. The van der Waals surface area contributed by atoms with Crippen LogP contribution < -0.4 is 14.8 Å². The van der Waals surface area contributed by atoms with Crippen molar-refractivity contribution in [1.82, 2.24) is 20.0 Å². The fourth-order valence-electron chi connectivity index (χ4n) is 5.00. The Bertz CT molecular complexity index is 851. The molecule has 184 valence electrons. The molecule has 1 aromatic carbocycles. The molecule has 2 fully saturated rings. The van der Waals surface area contributed by atoms with E-state index in [1.807, 2.05) is 18.9 Å². The van der Waals surface area contributed by atoms with Gasteiger partial charge in [0, 0.05) is 70.4 Å². The van der Waals surface area contributed by atoms with Crippen molar-refractivity contribution in [2.75, 3.05) is 53.4 Å². The first kappa shape index (κ1) is 25.9. The number of methoxy groups -OCH3 is 1. The van der Waals surface area contributed by atoms with Gasteiger partial charge in [0.15, 0.2) is 5.96 Å². The second kappa shape index (κ2) is 11.6. The smallest absolute Gasteiger partial charge is 0.239 e. The summed E-state index contributed by atoms with van der Waals surface area (Å²) in [6, 6.07) is 4.13. The molecule has 1 aromatic rings. The highest BCUT2D eigenvalue weighted by Gasteiger charge is 2.30. The molecule has 0 aromatic heterocycles. The quantitative estimate of drug-likeness (QED) is 0.333. The van der Waals surface area contributed by atoms with Crippen molar-refractivity contribution in [3.63, 3.8) is 0 Å². The van der Waals surface area contributed by atoms with Gasteiger partial charge in [-0.25, -0.2) is 0 Å². The second-order valence-corrected chi connectivity index (χ2v) is 9.04. The van der Waals surface area contributed by atoms with Gasteiger partial charge in [-0.2, -0.15) is 0 Å². The van der Waals surface area contributed by atoms with Gasteiger partial charge in [-0.3, -0.25) is 14.7 Å². The van der Waals surface area contributed by atoms with E-state index in [4.69, 9.17) is 9.47 Å². The summed E-state index contributed by atoms with van der Waals surface area (Å²) >= 11 is 0. The maximum absolute atomic E-state index is 12.7. The summed E-state index contributed by atoms with van der Waals surface area (Å²) in [5.41, 5.74) is 2.26. The summed E-state index contributed by atoms with van der Waals surface area (Å²) in [6.07, 6.45) is 3.40. The molecule has 2 atom stereocenters. The fraction of sp³-hybridized carbons (Fsp3) is 0.667. The van der Waals surface area contributed by atoms with Crippen LogP contribution in [0, 0.1) is 0 Å². The second-order valence-electron chi connectivity index (χ2n) is 9.04. The van der Waals surface area contributed by atoms with Crippen molar-refractivity contribution in [3.05, 3.63) is 23.3 Å². The topological polar surface area (TPSA) is 69.6 Å². The van der Waals surface area contributed by atoms with Crippen molar-refractivity contribution in [1.29, 1.82) is 0 Å². The van der Waals surface area contributed by atoms with Gasteiger partial charge in [-0.05, 0) is 38.8 Å². The molecule has 4 rings (SSSR count). The van der Waals surface area contributed by atoms with Gasteiger partial charge in [0.25, 0.3) is 0 Å². The van der Waals surface area contributed by atoms with Gasteiger partial charge in [0.2, 0.25) is 5.91 Å². The number of amides is 1. The highest BCUT2D eigenvalue weighted by molar-refractivity contribution is 14.0. The monoisotopic (exact) mass is 571 g/mol. The van der Waals surface area contributed by atoms with Gasteiger partial charge in [0.05, 0.1) is 13.2 Å². The SMILES string of the molecule is CN=C(NCc1cc2c(cc1OC)CC(C)O2)N1CCN(C(C)C(=O)N2CCCC2)CC1.I. The first-order valence-corrected chi connectivity index (χ1v) is 11.8. The van der Waals surface area contributed by atoms with Crippen LogP contribution in [0.3, 0.4) is 0 Å². The lowest BCUT2D eigenvalue weighted by Crippen LogP contribution is -2.57. The normalized spacial score (nSPS) is 21.8. The Kier molecular flexibility index (Phi) is 9.09. The molecular formula is C24H38IN5O3. The molecule has 2 saturated heterocycles. The third-order valence-electron chi connectivity index (χ3n) is 6.88. The van der Waals surface area contributed by atoms with Crippen LogP contribution >= 0.6 is 24.0 Å². The van der Waals surface area contributed by atoms with Crippen LogP contribution in [0.4, 0.5) is 0 Å². The molecule has 0 aliphatic carbocycles. The summed E-state index contributed by atoms with van der Waals surface area (Å²) in [5.74, 6) is 2.98. The minimum atomic E-state index is -0.0525. The van der Waals surface area contributed by atoms with Crippen molar-refractivity contribution >= 4 is 35.8 Å². The molecule has 2 unspecified atom stereocenters. The Hall–Kier alpha value is -1.75. The fourth-order valence-corrected chi connectivity index (χ4v) is 5.00. The number of rotatable bonds is 5. The molecular weight excluding hydrogens is 533 g/mol. The summed E-state index contributed by atoms with van der Waals surface area (Å²) < 4.78 is 11.6. The van der Waals surface area contributed by atoms with E-state index in [1.54, 1.807) is 7.11 Å². The lowest BCUT2D eigenvalue weighted by molar-refractivity contribution is -0.135. The summed E-state index contributed by atoms with van der Waals surface area (Å²) in [7, 11) is 3.53. The predicted molar refractivity (Wildman–Crippen MR) is 141 cm³/mol. The summed E-state index contributed by atoms with van der Waals surface area (Å²) in [6.45, 7) is 9.98. The maximum Gasteiger partial charge on any atom is 0.239 e. The number of benzene rings is 1. The van der Waals surface area contributed by atoms with E-state index in [0.29, 0.717) is 6.54 Å². The molecule has 9 heteroatoms. The first-order chi connectivity index (χ1) is 15.5. The summed E-state index contributed by atoms with van der Waals surface area (Å²) in [4.78, 5) is 23.8. The number of carbonyl (C=O) groups is 1. The zero-order chi connectivity index (χ0) is 22.7. The lowest BCUT2D eigenvalue weighted by Gasteiger charge is -2.39. The molecule has 33 heavy (non-hydrogen) atoms. The molecule has 0 bridgehead atoms. The number of guanidine groups is 1. The van der Waals surface area contributed by atoms with Gasteiger partial charge < -0.3 is 24.6 Å². The molecule has 3 heterocycles. The van der Waals surface area contributed by atoms with E-state index >= 15 is 0 Å². The van der Waals surface area contributed by atoms with Crippen LogP contribution in [-0.4, -0.2) is 92.1 Å². The average molecular weight is 572 g/mol. The van der Waals surface area contributed by atoms with Crippen molar-refractivity contribution in [2.45, 2.75) is 51.8 Å². The highest BCUT2D eigenvalue weighted by atomic mass is 127. The van der Waals surface area contributed by atoms with E-state index in [9.17, 15) is 4.79 Å². The Labute approximate surface area is 214 Å². The van der Waals surface area contributed by atoms with E-state index in [0.717, 1.165) is 81.6 Å². The van der Waals surface area contributed by atoms with E-state index in [2.05, 4.69) is 39.2 Å². The number of piperazine rings is 1. The highest BCUT2D eigenvalue weighted by Crippen LogP contribution is 2.35. The number of nitrogens with one attached hydrogen (secondary N) is 1. The molecule has 3 aliphatic heterocycles. The Morgan fingerprint density at radius 2 is 1.88 bits per heavy atom. The standard InChI is InChI=1S/C24H37N5O3.HI/c1-17-13-19-14-21(31-4)20(15-22(19)32-17)16-26-24(25-3)29-11-9-27(10-12-29)18(2)23(30)28-7-5-6-8-28;/h14-15,17-18H,5-13,16H2,1-4H3,(H,25,26);1H. The van der Waals surface area contributed by atoms with Gasteiger partial charge >= 0.3 is 0 Å². The Morgan fingerprint density at radius 1 is 1.18 bits per heavy atom. The zero-order valence-electron chi connectivity index (χ0n) is 20.3. The molecule has 1 N–H and O–H groups in total. The Morgan fingerprint density at radius 3 is 2.52 bits per heavy atom. The lowest BCUT2D eigenvalue weighted by atomic mass is 10.1. The van der Waals surface area contributed by atoms with Gasteiger partial charge in [-0.1, -0.05) is 0 Å². The van der Waals surface area contributed by atoms with Gasteiger partial charge in [0.1, 0.15) is 17.6 Å². The van der Waals surface area contributed by atoms with E-state index in [-0.39, 0.29) is 42.0 Å². The molecule has 3 aliphatic rings. The zero-order valence-corrected chi connectivity index (χ0v) is 22.6. The molecule has 1 amide bonds. The number of hydrogen-bond donors (Lipinski definition) is 1. The van der Waals surface area contributed by atoms with E-state index in [1.165, 1.54) is 5.56 Å². The van der Waals surface area contributed by atoms with Crippen LogP contribution in [0.2, 0.25) is 0 Å². The van der Waals surface area contributed by atoms with Crippen molar-refractivity contribution in [2.24, 2.45) is 4.99 Å². The maximum atomic E-state index is 12.7. The van der Waals surface area contributed by atoms with Crippen LogP contribution in [0.15, 0.2) is 17.1 Å². The third-order valence-corrected chi connectivity index (χ3v) is 6.88. The summed E-state index contributed by atoms with van der Waals surface area (Å²) in [5, 5.41) is 3.49. The molecule has 0 saturated carbocycles. The minimum absolute atomic E-state index is 0. The van der Waals surface area contributed by atoms with E-state index < -0.39 is 0 Å². The van der Waals surface area contributed by atoms with Crippen molar-refractivity contribution in [3.8, 4) is 11.5 Å². The molecule has 0 spiro atoms. The van der Waals surface area contributed by atoms with Gasteiger partial charge in [-0.15, -0.1) is 24.0 Å². The number of hydrogen-bond acceptors (Lipinski definition) is 5. The minimum Gasteiger partial charge on any atom is -0.496 e. The molecule has 8 nitrogen and oxygen atoms in total. The number of carbonyl (C=O) groups excluding carboxylic acids is 1. The average Bonchev–Trinajstić information content (AvgIpc) is 3.47. The molecule has 0 radical (unpaired) electrons. The number of halogens is 1. The van der Waals surface area contributed by atoms with Crippen LogP contribution in [-0.2, 0) is 17.8 Å². The number of likely N-dealkylation sites (tertiary alicyclic amines) is 1. The predicted octanol–water partition coefficient (Wildman–Crippen LogP) is 2.34. The number of fused-ring (bicyclic) bond motifs is 1. The Balaban J connectivity index is 0.00000306. The van der Waals surface area contributed by atoms with Crippen LogP contribution in [0.1, 0.15) is 37.8 Å². The largest absolute Gasteiger partial charge is 0.496 e. The number of nitrogens with zero attached hydrogens (tertiary/aromatic N) is 4. The van der Waals surface area contributed by atoms with Crippen LogP contribution in [0.25, 0.3) is 0 Å². The van der Waals surface area contributed by atoms with Crippen molar-refractivity contribution < 1.29 is 14.3 Å². The first-order valence-electron chi connectivity index (χ1n) is 11.8. The number of ether oxygens (including phenoxy) is 2. The van der Waals surface area contributed by atoms with Crippen LogP contribution in [0.5, 0.6) is 11.5 Å².